The molecule has 0 aliphatic heterocycles. The fraction of sp³-hybridized carbons (Fsp3) is 0.250. The van der Waals surface area contributed by atoms with E-state index in [9.17, 15) is 4.79 Å². The second-order valence-electron chi connectivity index (χ2n) is 2.36. The number of carbonyl (C=O) groups excluding carboxylic acids is 1. The highest BCUT2D eigenvalue weighted by Gasteiger charge is 2.07. The molecule has 1 heterocycles. The van der Waals surface area contributed by atoms with E-state index in [-0.39, 0.29) is 0 Å². The number of rotatable bonds is 4. The minimum Gasteiger partial charge on any atom is -0.366 e. The smallest absolute Gasteiger partial charge is 0.251 e. The van der Waals surface area contributed by atoms with Gasteiger partial charge in [0.1, 0.15) is 5.03 Å². The first kappa shape index (κ1) is 10.0. The zero-order valence-corrected chi connectivity index (χ0v) is 7.88. The summed E-state index contributed by atoms with van der Waals surface area (Å²) < 4.78 is 0. The summed E-state index contributed by atoms with van der Waals surface area (Å²) in [6, 6.07) is 3.35. The van der Waals surface area contributed by atoms with Crippen molar-refractivity contribution >= 4 is 17.7 Å². The molecule has 0 spiro atoms. The van der Waals surface area contributed by atoms with Crippen molar-refractivity contribution in [3.8, 4) is 0 Å². The van der Waals surface area contributed by atoms with Crippen molar-refractivity contribution in [2.75, 3.05) is 12.3 Å². The number of hydrogen-bond donors (Lipinski definition) is 2. The average molecular weight is 197 g/mol. The van der Waals surface area contributed by atoms with Crippen molar-refractivity contribution in [1.29, 1.82) is 0 Å². The Hall–Kier alpha value is -1.07. The van der Waals surface area contributed by atoms with Gasteiger partial charge in [0.05, 0.1) is 5.56 Å². The molecule has 0 atom stereocenters. The average Bonchev–Trinajstić information content (AvgIpc) is 2.15. The summed E-state index contributed by atoms with van der Waals surface area (Å²) in [5, 5.41) is 0.653. The summed E-state index contributed by atoms with van der Waals surface area (Å²) in [4.78, 5) is 15.0. The standard InChI is InChI=1S/C8H11N3OS/c9-3-5-13-8-6(7(10)12)2-1-4-11-8/h1-2,4H,3,5,9H2,(H2,10,12). The molecule has 5 heteroatoms. The molecule has 4 nitrogen and oxygen atoms in total. The molecule has 0 bridgehead atoms. The SMILES string of the molecule is NCCSc1ncccc1C(N)=O. The van der Waals surface area contributed by atoms with Crippen LogP contribution < -0.4 is 11.5 Å². The lowest BCUT2D eigenvalue weighted by molar-refractivity contribution is 0.0997. The monoisotopic (exact) mass is 197 g/mol. The molecule has 0 saturated heterocycles. The molecule has 0 radical (unpaired) electrons. The van der Waals surface area contributed by atoms with Gasteiger partial charge < -0.3 is 11.5 Å². The van der Waals surface area contributed by atoms with Crippen LogP contribution >= 0.6 is 11.8 Å². The summed E-state index contributed by atoms with van der Waals surface area (Å²) in [6.07, 6.45) is 1.63. The molecule has 13 heavy (non-hydrogen) atoms. The van der Waals surface area contributed by atoms with Crippen molar-refractivity contribution in [1.82, 2.24) is 4.98 Å². The van der Waals surface area contributed by atoms with Crippen LogP contribution in [0.25, 0.3) is 0 Å². The van der Waals surface area contributed by atoms with E-state index < -0.39 is 5.91 Å². The Balaban J connectivity index is 2.84. The van der Waals surface area contributed by atoms with Gasteiger partial charge in [-0.2, -0.15) is 0 Å². The van der Waals surface area contributed by atoms with Crippen LogP contribution in [0.15, 0.2) is 23.4 Å². The molecule has 0 unspecified atom stereocenters. The van der Waals surface area contributed by atoms with Crippen LogP contribution in [0.4, 0.5) is 0 Å². The van der Waals surface area contributed by atoms with Crippen molar-refractivity contribution in [3.63, 3.8) is 0 Å². The fourth-order valence-corrected chi connectivity index (χ4v) is 1.62. The van der Waals surface area contributed by atoms with Crippen molar-refractivity contribution in [2.45, 2.75) is 5.03 Å². The first-order chi connectivity index (χ1) is 6.25. The van der Waals surface area contributed by atoms with E-state index in [0.717, 1.165) is 5.75 Å². The summed E-state index contributed by atoms with van der Waals surface area (Å²) >= 11 is 1.44. The minimum atomic E-state index is -0.451. The number of thioether (sulfide) groups is 1. The number of primary amides is 1. The molecular weight excluding hydrogens is 186 g/mol. The van der Waals surface area contributed by atoms with Gasteiger partial charge in [0.15, 0.2) is 0 Å². The third-order valence-electron chi connectivity index (χ3n) is 1.39. The van der Waals surface area contributed by atoms with Crippen LogP contribution in [-0.2, 0) is 0 Å². The van der Waals surface area contributed by atoms with Gasteiger partial charge in [0.25, 0.3) is 5.91 Å². The number of amides is 1. The van der Waals surface area contributed by atoms with E-state index in [0.29, 0.717) is 17.1 Å². The largest absolute Gasteiger partial charge is 0.366 e. The van der Waals surface area contributed by atoms with E-state index in [2.05, 4.69) is 4.98 Å². The third-order valence-corrected chi connectivity index (χ3v) is 2.43. The normalized spacial score (nSPS) is 9.92. The molecule has 0 aliphatic carbocycles. The number of nitrogens with two attached hydrogens (primary N) is 2. The van der Waals surface area contributed by atoms with Crippen LogP contribution in [0.1, 0.15) is 10.4 Å². The summed E-state index contributed by atoms with van der Waals surface area (Å²) in [5.41, 5.74) is 11.0. The Morgan fingerprint density at radius 3 is 3.00 bits per heavy atom. The van der Waals surface area contributed by atoms with Crippen LogP contribution in [-0.4, -0.2) is 23.2 Å². The van der Waals surface area contributed by atoms with E-state index in [1.54, 1.807) is 18.3 Å². The molecule has 0 aliphatic rings. The highest BCUT2D eigenvalue weighted by molar-refractivity contribution is 7.99. The molecular formula is C8H11N3OS. The van der Waals surface area contributed by atoms with Crippen LogP contribution in [0.2, 0.25) is 0 Å². The van der Waals surface area contributed by atoms with Gasteiger partial charge in [0.2, 0.25) is 0 Å². The zero-order valence-electron chi connectivity index (χ0n) is 7.06. The molecule has 1 aromatic rings. The second kappa shape index (κ2) is 4.84. The van der Waals surface area contributed by atoms with E-state index in [1.807, 2.05) is 0 Å². The van der Waals surface area contributed by atoms with Gasteiger partial charge >= 0.3 is 0 Å². The van der Waals surface area contributed by atoms with Gasteiger partial charge in [-0.05, 0) is 12.1 Å². The molecule has 4 N–H and O–H groups in total. The summed E-state index contributed by atoms with van der Waals surface area (Å²) in [5.74, 6) is 0.282. The second-order valence-corrected chi connectivity index (χ2v) is 3.44. The minimum absolute atomic E-state index is 0.451. The van der Waals surface area contributed by atoms with Crippen LogP contribution in [0, 0.1) is 0 Å². The van der Waals surface area contributed by atoms with Crippen molar-refractivity contribution in [3.05, 3.63) is 23.9 Å². The Bertz CT molecular complexity index is 303. The predicted molar refractivity (Wildman–Crippen MR) is 52.5 cm³/mol. The highest BCUT2D eigenvalue weighted by atomic mass is 32.2. The van der Waals surface area contributed by atoms with E-state index in [4.69, 9.17) is 11.5 Å². The fourth-order valence-electron chi connectivity index (χ4n) is 0.849. The van der Waals surface area contributed by atoms with Gasteiger partial charge in [-0.25, -0.2) is 4.98 Å². The first-order valence-electron chi connectivity index (χ1n) is 3.83. The lowest BCUT2D eigenvalue weighted by Crippen LogP contribution is -2.13. The number of aromatic nitrogens is 1. The predicted octanol–water partition coefficient (Wildman–Crippen LogP) is 0.231. The van der Waals surface area contributed by atoms with Gasteiger partial charge in [0, 0.05) is 18.5 Å². The maximum Gasteiger partial charge on any atom is 0.251 e. The highest BCUT2D eigenvalue weighted by Crippen LogP contribution is 2.18. The Morgan fingerprint density at radius 2 is 2.38 bits per heavy atom. The number of hydrogen-bond acceptors (Lipinski definition) is 4. The quantitative estimate of drug-likeness (QED) is 0.677. The van der Waals surface area contributed by atoms with Gasteiger partial charge in [-0.15, -0.1) is 11.8 Å². The van der Waals surface area contributed by atoms with Crippen LogP contribution in [0.3, 0.4) is 0 Å². The number of nitrogens with zero attached hydrogens (tertiary/aromatic N) is 1. The molecule has 0 fully saturated rings. The third kappa shape index (κ3) is 2.71. The zero-order chi connectivity index (χ0) is 9.68. The van der Waals surface area contributed by atoms with Gasteiger partial charge in [-0.1, -0.05) is 0 Å². The lowest BCUT2D eigenvalue weighted by Gasteiger charge is -2.02. The maximum atomic E-state index is 10.9. The van der Waals surface area contributed by atoms with E-state index in [1.165, 1.54) is 11.8 Å². The first-order valence-corrected chi connectivity index (χ1v) is 4.82. The lowest BCUT2D eigenvalue weighted by atomic mass is 10.3. The van der Waals surface area contributed by atoms with Crippen molar-refractivity contribution < 1.29 is 4.79 Å². The topological polar surface area (TPSA) is 82.0 Å². The Labute approximate surface area is 80.7 Å². The van der Waals surface area contributed by atoms with Gasteiger partial charge in [-0.3, -0.25) is 4.79 Å². The molecule has 0 aromatic carbocycles. The summed E-state index contributed by atoms with van der Waals surface area (Å²) in [7, 11) is 0. The molecule has 1 amide bonds. The number of pyridine rings is 1. The number of carbonyl (C=O) groups is 1. The maximum absolute atomic E-state index is 10.9. The molecule has 1 aromatic heterocycles. The molecule has 70 valence electrons. The van der Waals surface area contributed by atoms with Crippen molar-refractivity contribution in [2.24, 2.45) is 11.5 Å². The van der Waals surface area contributed by atoms with E-state index >= 15 is 0 Å². The summed E-state index contributed by atoms with van der Waals surface area (Å²) in [6.45, 7) is 0.555. The van der Waals surface area contributed by atoms with Crippen LogP contribution in [0.5, 0.6) is 0 Å². The Kier molecular flexibility index (Phi) is 3.72. The molecule has 1 rings (SSSR count). The Morgan fingerprint density at radius 1 is 1.62 bits per heavy atom. The molecule has 0 saturated carbocycles.